The van der Waals surface area contributed by atoms with Gasteiger partial charge >= 0.3 is 0 Å². The van der Waals surface area contributed by atoms with Gasteiger partial charge in [0.2, 0.25) is 0 Å². The minimum Gasteiger partial charge on any atom is -0.388 e. The zero-order valence-corrected chi connectivity index (χ0v) is 11.7. The van der Waals surface area contributed by atoms with Crippen molar-refractivity contribution < 1.29 is 5.11 Å². The Morgan fingerprint density at radius 2 is 2.17 bits per heavy atom. The van der Waals surface area contributed by atoms with Crippen LogP contribution >= 0.6 is 0 Å². The van der Waals surface area contributed by atoms with E-state index in [1.54, 1.807) is 0 Å². The second-order valence-corrected chi connectivity index (χ2v) is 6.18. The summed E-state index contributed by atoms with van der Waals surface area (Å²) in [5.41, 5.74) is 9.35. The smallest absolute Gasteiger partial charge is 0.0860 e. The van der Waals surface area contributed by atoms with Crippen LogP contribution < -0.4 is 5.73 Å². The molecule has 1 aromatic carbocycles. The monoisotopic (exact) mass is 247 g/mol. The third-order valence-electron chi connectivity index (χ3n) is 4.60. The molecule has 3 N–H and O–H groups in total. The summed E-state index contributed by atoms with van der Waals surface area (Å²) in [6.45, 7) is 6.99. The molecule has 1 saturated carbocycles. The molecule has 3 atom stereocenters. The Morgan fingerprint density at radius 1 is 1.44 bits per heavy atom. The van der Waals surface area contributed by atoms with Gasteiger partial charge in [0.05, 0.1) is 6.10 Å². The van der Waals surface area contributed by atoms with Crippen molar-refractivity contribution in [1.29, 1.82) is 0 Å². The Kier molecular flexibility index (Phi) is 3.79. The molecule has 0 spiro atoms. The van der Waals surface area contributed by atoms with Gasteiger partial charge in [0, 0.05) is 12.0 Å². The first-order valence-corrected chi connectivity index (χ1v) is 6.94. The van der Waals surface area contributed by atoms with Crippen LogP contribution in [0.1, 0.15) is 49.0 Å². The predicted molar refractivity (Wildman–Crippen MR) is 75.4 cm³/mol. The number of aliphatic hydroxyl groups is 1. The van der Waals surface area contributed by atoms with Crippen molar-refractivity contribution in [3.8, 4) is 0 Å². The normalized spacial score (nSPS) is 29.5. The van der Waals surface area contributed by atoms with Crippen LogP contribution in [0.25, 0.3) is 0 Å². The molecular formula is C16H25NO. The Morgan fingerprint density at radius 3 is 2.67 bits per heavy atom. The first-order valence-electron chi connectivity index (χ1n) is 6.94. The van der Waals surface area contributed by atoms with E-state index in [9.17, 15) is 5.11 Å². The van der Waals surface area contributed by atoms with E-state index in [1.807, 2.05) is 0 Å². The van der Waals surface area contributed by atoms with Crippen LogP contribution in [0.5, 0.6) is 0 Å². The lowest BCUT2D eigenvalue weighted by Crippen LogP contribution is -2.34. The van der Waals surface area contributed by atoms with Gasteiger partial charge in [0.1, 0.15) is 0 Å². The van der Waals surface area contributed by atoms with Gasteiger partial charge in [-0.2, -0.15) is 0 Å². The molecule has 0 aliphatic heterocycles. The van der Waals surface area contributed by atoms with Gasteiger partial charge in [-0.05, 0) is 43.7 Å². The fourth-order valence-electron chi connectivity index (χ4n) is 3.44. The minimum absolute atomic E-state index is 0.112. The maximum atomic E-state index is 10.8. The van der Waals surface area contributed by atoms with E-state index in [0.717, 1.165) is 18.4 Å². The summed E-state index contributed by atoms with van der Waals surface area (Å²) in [7, 11) is 0. The Labute approximate surface area is 110 Å². The predicted octanol–water partition coefficient (Wildman–Crippen LogP) is 3.10. The first-order chi connectivity index (χ1) is 8.48. The zero-order valence-electron chi connectivity index (χ0n) is 11.7. The molecule has 18 heavy (non-hydrogen) atoms. The lowest BCUT2D eigenvalue weighted by Gasteiger charge is -2.34. The van der Waals surface area contributed by atoms with Crippen LogP contribution in [-0.2, 0) is 0 Å². The maximum absolute atomic E-state index is 10.8. The average Bonchev–Trinajstić information content (AvgIpc) is 2.71. The van der Waals surface area contributed by atoms with Crippen molar-refractivity contribution in [2.75, 3.05) is 6.54 Å². The third-order valence-corrected chi connectivity index (χ3v) is 4.60. The molecule has 1 aliphatic carbocycles. The molecule has 100 valence electrons. The molecule has 0 saturated heterocycles. The summed E-state index contributed by atoms with van der Waals surface area (Å²) in [6.07, 6.45) is 2.84. The van der Waals surface area contributed by atoms with E-state index in [2.05, 4.69) is 39.0 Å². The summed E-state index contributed by atoms with van der Waals surface area (Å²) >= 11 is 0. The van der Waals surface area contributed by atoms with Gasteiger partial charge in [-0.1, -0.05) is 37.1 Å². The molecule has 0 aromatic heterocycles. The van der Waals surface area contributed by atoms with E-state index in [4.69, 9.17) is 5.73 Å². The Hall–Kier alpha value is -0.860. The molecule has 1 aliphatic rings. The zero-order chi connectivity index (χ0) is 13.3. The van der Waals surface area contributed by atoms with Crippen LogP contribution in [0.4, 0.5) is 0 Å². The average molecular weight is 247 g/mol. The number of aliphatic hydroxyl groups excluding tert-OH is 1. The quantitative estimate of drug-likeness (QED) is 0.862. The van der Waals surface area contributed by atoms with Crippen LogP contribution in [0.15, 0.2) is 18.2 Å². The van der Waals surface area contributed by atoms with Gasteiger partial charge in [-0.25, -0.2) is 0 Å². The molecule has 0 radical (unpaired) electrons. The number of aryl methyl sites for hydroxylation is 2. The third kappa shape index (κ3) is 2.32. The fourth-order valence-corrected chi connectivity index (χ4v) is 3.44. The standard InChI is InChI=1S/C16H25NO/c1-11-4-5-14(13(3)8-11)15(18)16(10-17)7-6-12(2)9-16/h4-5,8,12,15,18H,6-7,9-10,17H2,1-3H3. The highest BCUT2D eigenvalue weighted by Crippen LogP contribution is 2.49. The van der Waals surface area contributed by atoms with Gasteiger partial charge in [0.25, 0.3) is 0 Å². The number of nitrogens with two attached hydrogens (primary N) is 1. The topological polar surface area (TPSA) is 46.2 Å². The van der Waals surface area contributed by atoms with Crippen molar-refractivity contribution >= 4 is 0 Å². The lowest BCUT2D eigenvalue weighted by molar-refractivity contribution is 0.0303. The highest BCUT2D eigenvalue weighted by molar-refractivity contribution is 5.33. The highest BCUT2D eigenvalue weighted by atomic mass is 16.3. The number of rotatable bonds is 3. The van der Waals surface area contributed by atoms with Gasteiger partial charge < -0.3 is 10.8 Å². The van der Waals surface area contributed by atoms with Crippen molar-refractivity contribution in [1.82, 2.24) is 0 Å². The van der Waals surface area contributed by atoms with Crippen LogP contribution in [0.2, 0.25) is 0 Å². The van der Waals surface area contributed by atoms with E-state index >= 15 is 0 Å². The summed E-state index contributed by atoms with van der Waals surface area (Å²) in [6, 6.07) is 6.28. The van der Waals surface area contributed by atoms with Gasteiger partial charge in [0.15, 0.2) is 0 Å². The molecule has 2 rings (SSSR count). The molecule has 0 bridgehead atoms. The Bertz CT molecular complexity index is 429. The van der Waals surface area contributed by atoms with Crippen LogP contribution in [0.3, 0.4) is 0 Å². The molecule has 2 nitrogen and oxygen atoms in total. The van der Waals surface area contributed by atoms with Gasteiger partial charge in [-0.3, -0.25) is 0 Å². The van der Waals surface area contributed by atoms with Crippen molar-refractivity contribution in [3.63, 3.8) is 0 Å². The van der Waals surface area contributed by atoms with E-state index in [-0.39, 0.29) is 5.41 Å². The van der Waals surface area contributed by atoms with Gasteiger partial charge in [-0.15, -0.1) is 0 Å². The first kappa shape index (κ1) is 13.6. The number of benzene rings is 1. The van der Waals surface area contributed by atoms with Crippen molar-refractivity contribution in [2.45, 2.75) is 46.1 Å². The largest absolute Gasteiger partial charge is 0.388 e. The van der Waals surface area contributed by atoms with E-state index in [0.29, 0.717) is 12.5 Å². The maximum Gasteiger partial charge on any atom is 0.0860 e. The molecular weight excluding hydrogens is 222 g/mol. The van der Waals surface area contributed by atoms with Crippen LogP contribution in [0, 0.1) is 25.2 Å². The van der Waals surface area contributed by atoms with E-state index in [1.165, 1.54) is 17.5 Å². The number of hydrogen-bond acceptors (Lipinski definition) is 2. The molecule has 1 fully saturated rings. The molecule has 3 unspecified atom stereocenters. The molecule has 0 heterocycles. The summed E-state index contributed by atoms with van der Waals surface area (Å²) < 4.78 is 0. The SMILES string of the molecule is Cc1ccc(C(O)C2(CN)CCC(C)C2)c(C)c1. The highest BCUT2D eigenvalue weighted by Gasteiger charge is 2.43. The van der Waals surface area contributed by atoms with E-state index < -0.39 is 6.10 Å². The summed E-state index contributed by atoms with van der Waals surface area (Å²) in [4.78, 5) is 0. The van der Waals surface area contributed by atoms with Crippen molar-refractivity contribution in [2.24, 2.45) is 17.1 Å². The second-order valence-electron chi connectivity index (χ2n) is 6.18. The molecule has 1 aromatic rings. The van der Waals surface area contributed by atoms with Crippen molar-refractivity contribution in [3.05, 3.63) is 34.9 Å². The number of hydrogen-bond donors (Lipinski definition) is 2. The summed E-state index contributed by atoms with van der Waals surface area (Å²) in [5, 5.41) is 10.8. The Balaban J connectivity index is 2.32. The minimum atomic E-state index is -0.423. The second kappa shape index (κ2) is 5.02. The fraction of sp³-hybridized carbons (Fsp3) is 0.625. The lowest BCUT2D eigenvalue weighted by atomic mass is 9.75. The molecule has 2 heteroatoms. The molecule has 0 amide bonds. The summed E-state index contributed by atoms with van der Waals surface area (Å²) in [5.74, 6) is 0.675. The van der Waals surface area contributed by atoms with Crippen LogP contribution in [-0.4, -0.2) is 11.7 Å².